The molecule has 0 amide bonds. The Bertz CT molecular complexity index is 380. The first-order valence-electron chi connectivity index (χ1n) is 7.20. The molecule has 0 rings (SSSR count). The van der Waals surface area contributed by atoms with Crippen LogP contribution in [0.4, 0.5) is 0 Å². The van der Waals surface area contributed by atoms with Crippen LogP contribution in [0.15, 0.2) is 24.3 Å². The van der Waals surface area contributed by atoms with Crippen molar-refractivity contribution in [2.45, 2.75) is 38.7 Å². The second-order valence-electron chi connectivity index (χ2n) is 5.98. The van der Waals surface area contributed by atoms with Gasteiger partial charge in [-0.05, 0) is 19.8 Å². The molecule has 5 nitrogen and oxygen atoms in total. The smallest absolute Gasteiger partial charge is 0.310 e. The van der Waals surface area contributed by atoms with Crippen molar-refractivity contribution in [3.05, 3.63) is 24.3 Å². The fourth-order valence-electron chi connectivity index (χ4n) is 1.83. The molecule has 0 heterocycles. The first kappa shape index (κ1) is 19.4. The molecular formula is C16H27NO4. The van der Waals surface area contributed by atoms with E-state index in [4.69, 9.17) is 4.74 Å². The molecule has 0 aliphatic rings. The van der Waals surface area contributed by atoms with Gasteiger partial charge < -0.3 is 19.1 Å². The third-order valence-corrected chi connectivity index (χ3v) is 2.63. The molecule has 120 valence electrons. The highest BCUT2D eigenvalue weighted by Gasteiger charge is 2.21. The van der Waals surface area contributed by atoms with Crippen LogP contribution < -0.4 is 5.11 Å². The van der Waals surface area contributed by atoms with Crippen LogP contribution >= 0.6 is 0 Å². The number of carbonyl (C=O) groups is 2. The van der Waals surface area contributed by atoms with Gasteiger partial charge in [0.25, 0.3) is 0 Å². The van der Waals surface area contributed by atoms with Crippen LogP contribution in [0.25, 0.3) is 0 Å². The van der Waals surface area contributed by atoms with Crippen LogP contribution in [-0.4, -0.2) is 50.2 Å². The van der Waals surface area contributed by atoms with Crippen molar-refractivity contribution in [1.29, 1.82) is 0 Å². The Labute approximate surface area is 127 Å². The Hall–Kier alpha value is -1.62. The maximum Gasteiger partial charge on any atom is 0.310 e. The quantitative estimate of drug-likeness (QED) is 0.262. The highest BCUT2D eigenvalue weighted by molar-refractivity contribution is 5.72. The number of aliphatic carboxylic acids is 1. The van der Waals surface area contributed by atoms with Gasteiger partial charge >= 0.3 is 5.97 Å². The molecule has 0 aromatic heterocycles. The normalized spacial score (nSPS) is 13.7. The summed E-state index contributed by atoms with van der Waals surface area (Å²) in [6.45, 7) is 2.40. The number of allylic oxidation sites excluding steroid dienone is 3. The standard InChI is InChI=1S/C16H27NO4/c1-5-6-7-8-9-10-11-16(20)21-14(12-15(18)19)13-17(2,3)4/h5-6,9-10,14H,7-8,11-13H2,1-4H3/b6-5+,10-9+. The number of ether oxygens (including phenoxy) is 1. The highest BCUT2D eigenvalue weighted by atomic mass is 16.5. The van der Waals surface area contributed by atoms with Gasteiger partial charge in [-0.15, -0.1) is 0 Å². The van der Waals surface area contributed by atoms with Crippen LogP contribution in [-0.2, 0) is 14.3 Å². The summed E-state index contributed by atoms with van der Waals surface area (Å²) in [6, 6.07) is 0. The van der Waals surface area contributed by atoms with Gasteiger partial charge in [0.05, 0.1) is 27.6 Å². The zero-order valence-corrected chi connectivity index (χ0v) is 13.5. The third-order valence-electron chi connectivity index (χ3n) is 2.63. The van der Waals surface area contributed by atoms with E-state index in [9.17, 15) is 14.7 Å². The van der Waals surface area contributed by atoms with Gasteiger partial charge in [0.15, 0.2) is 6.10 Å². The van der Waals surface area contributed by atoms with Crippen molar-refractivity contribution in [1.82, 2.24) is 0 Å². The SMILES string of the molecule is C/C=C/CC/C=C/CC(=O)OC(CC(=O)[O-])C[N+](C)(C)C. The van der Waals surface area contributed by atoms with Crippen molar-refractivity contribution in [3.63, 3.8) is 0 Å². The van der Waals surface area contributed by atoms with Gasteiger partial charge in [-0.3, -0.25) is 4.79 Å². The summed E-state index contributed by atoms with van der Waals surface area (Å²) in [7, 11) is 5.74. The van der Waals surface area contributed by atoms with E-state index in [1.807, 2.05) is 40.2 Å². The minimum Gasteiger partial charge on any atom is -0.550 e. The minimum absolute atomic E-state index is 0.163. The number of nitrogens with zero attached hydrogens (tertiary/aromatic N) is 1. The molecule has 1 atom stereocenters. The van der Waals surface area contributed by atoms with Crippen LogP contribution in [0.3, 0.4) is 0 Å². The van der Waals surface area contributed by atoms with E-state index in [1.165, 1.54) is 0 Å². The second-order valence-corrected chi connectivity index (χ2v) is 5.98. The maximum atomic E-state index is 11.7. The van der Waals surface area contributed by atoms with Crippen molar-refractivity contribution in [3.8, 4) is 0 Å². The zero-order valence-electron chi connectivity index (χ0n) is 13.5. The Morgan fingerprint density at radius 3 is 2.29 bits per heavy atom. The number of carbonyl (C=O) groups excluding carboxylic acids is 2. The van der Waals surface area contributed by atoms with Gasteiger partial charge in [-0.2, -0.15) is 0 Å². The number of unbranched alkanes of at least 4 members (excludes halogenated alkanes) is 1. The molecule has 0 aromatic carbocycles. The van der Waals surface area contributed by atoms with Gasteiger partial charge in [0, 0.05) is 12.4 Å². The predicted octanol–water partition coefficient (Wildman–Crippen LogP) is 1.05. The van der Waals surface area contributed by atoms with E-state index < -0.39 is 18.0 Å². The molecule has 0 fully saturated rings. The number of esters is 1. The molecule has 0 bridgehead atoms. The first-order chi connectivity index (χ1) is 9.74. The molecule has 21 heavy (non-hydrogen) atoms. The monoisotopic (exact) mass is 297 g/mol. The highest BCUT2D eigenvalue weighted by Crippen LogP contribution is 2.06. The lowest BCUT2D eigenvalue weighted by atomic mass is 10.2. The van der Waals surface area contributed by atoms with E-state index >= 15 is 0 Å². The Morgan fingerprint density at radius 2 is 1.76 bits per heavy atom. The summed E-state index contributed by atoms with van der Waals surface area (Å²) >= 11 is 0. The zero-order chi connectivity index (χ0) is 16.3. The summed E-state index contributed by atoms with van der Waals surface area (Å²) < 4.78 is 5.74. The lowest BCUT2D eigenvalue weighted by molar-refractivity contribution is -0.873. The van der Waals surface area contributed by atoms with Crippen molar-refractivity contribution < 1.29 is 23.9 Å². The van der Waals surface area contributed by atoms with Crippen molar-refractivity contribution >= 4 is 11.9 Å². The lowest BCUT2D eigenvalue weighted by Crippen LogP contribution is -2.45. The molecule has 0 aliphatic carbocycles. The number of carboxylic acid groups (broad SMARTS) is 1. The Morgan fingerprint density at radius 1 is 1.14 bits per heavy atom. The van der Waals surface area contributed by atoms with Gasteiger partial charge in [-0.1, -0.05) is 24.3 Å². The van der Waals surface area contributed by atoms with Gasteiger partial charge in [-0.25, -0.2) is 0 Å². The van der Waals surface area contributed by atoms with Crippen molar-refractivity contribution in [2.75, 3.05) is 27.7 Å². The molecule has 0 saturated carbocycles. The molecule has 0 saturated heterocycles. The summed E-state index contributed by atoms with van der Waals surface area (Å²) in [5, 5.41) is 10.7. The summed E-state index contributed by atoms with van der Waals surface area (Å²) in [5.41, 5.74) is 0. The third kappa shape index (κ3) is 13.1. The second kappa shape index (κ2) is 10.2. The van der Waals surface area contributed by atoms with E-state index in [0.717, 1.165) is 12.8 Å². The fraction of sp³-hybridized carbons (Fsp3) is 0.625. The van der Waals surface area contributed by atoms with Crippen LogP contribution in [0.2, 0.25) is 0 Å². The number of carboxylic acids is 1. The summed E-state index contributed by atoms with van der Waals surface area (Å²) in [5.74, 6) is -1.61. The molecule has 0 aromatic rings. The summed E-state index contributed by atoms with van der Waals surface area (Å²) in [6.07, 6.45) is 8.78. The molecule has 0 aliphatic heterocycles. The lowest BCUT2D eigenvalue weighted by Gasteiger charge is -2.29. The average Bonchev–Trinajstić information content (AvgIpc) is 2.30. The van der Waals surface area contributed by atoms with Crippen molar-refractivity contribution in [2.24, 2.45) is 0 Å². The van der Waals surface area contributed by atoms with E-state index in [2.05, 4.69) is 6.08 Å². The van der Waals surface area contributed by atoms with Crippen LogP contribution in [0.1, 0.15) is 32.6 Å². The number of hydrogen-bond acceptors (Lipinski definition) is 4. The number of quaternary nitrogens is 1. The number of hydrogen-bond donors (Lipinski definition) is 0. The summed E-state index contributed by atoms with van der Waals surface area (Å²) in [4.78, 5) is 22.4. The van der Waals surface area contributed by atoms with E-state index in [0.29, 0.717) is 11.0 Å². The number of likely N-dealkylation sites (N-methyl/N-ethyl adjacent to an activating group) is 1. The van der Waals surface area contributed by atoms with Crippen LogP contribution in [0.5, 0.6) is 0 Å². The molecule has 0 spiro atoms. The molecule has 0 N–H and O–H groups in total. The molecule has 5 heteroatoms. The first-order valence-corrected chi connectivity index (χ1v) is 7.20. The Kier molecular flexibility index (Phi) is 9.37. The molecular weight excluding hydrogens is 270 g/mol. The number of rotatable bonds is 10. The predicted molar refractivity (Wildman–Crippen MR) is 80.2 cm³/mol. The minimum atomic E-state index is -1.21. The largest absolute Gasteiger partial charge is 0.550 e. The average molecular weight is 297 g/mol. The van der Waals surface area contributed by atoms with Gasteiger partial charge in [0.2, 0.25) is 0 Å². The maximum absolute atomic E-state index is 11.7. The fourth-order valence-corrected chi connectivity index (χ4v) is 1.83. The molecule has 0 radical (unpaired) electrons. The topological polar surface area (TPSA) is 66.4 Å². The van der Waals surface area contributed by atoms with E-state index in [1.54, 1.807) is 6.08 Å². The molecule has 1 unspecified atom stereocenters. The van der Waals surface area contributed by atoms with E-state index in [-0.39, 0.29) is 12.8 Å². The van der Waals surface area contributed by atoms with Crippen LogP contribution in [0, 0.1) is 0 Å². The Balaban J connectivity index is 4.23. The van der Waals surface area contributed by atoms with Gasteiger partial charge in [0.1, 0.15) is 6.54 Å².